The summed E-state index contributed by atoms with van der Waals surface area (Å²) >= 11 is -2.49. The molecule has 1 rings (SSSR count). The molecule has 1 saturated carbocycles. The summed E-state index contributed by atoms with van der Waals surface area (Å²) in [4.78, 5) is 0. The topological polar surface area (TPSA) is 40.1 Å². The van der Waals surface area contributed by atoms with Crippen LogP contribution in [0, 0.1) is 0 Å². The van der Waals surface area contributed by atoms with Crippen molar-refractivity contribution in [3.8, 4) is 0 Å². The fourth-order valence-corrected chi connectivity index (χ4v) is 0.700. The zero-order chi connectivity index (χ0) is 5.49. The molecule has 4 heteroatoms. The minimum atomic E-state index is -2.49. The molecule has 0 radical (unpaired) electrons. The van der Waals surface area contributed by atoms with Gasteiger partial charge in [-0.05, 0) is 23.9 Å². The molecule has 0 bridgehead atoms. The van der Waals surface area contributed by atoms with Gasteiger partial charge in [0.1, 0.15) is 0 Å². The summed E-state index contributed by atoms with van der Waals surface area (Å²) in [5, 5.41) is -1.83. The Hall–Kier alpha value is 0.0400. The first-order valence-electron chi connectivity index (χ1n) is 1.93. The van der Waals surface area contributed by atoms with Gasteiger partial charge in [0.25, 0.3) is 0 Å². The van der Waals surface area contributed by atoms with E-state index in [0.29, 0.717) is 0 Å². The van der Waals surface area contributed by atoms with Crippen LogP contribution in [-0.4, -0.2) is 13.8 Å². The number of hydrogen-bond acceptors (Lipinski definition) is 2. The Kier molecular flexibility index (Phi) is 0.932. The van der Waals surface area contributed by atoms with E-state index in [1.807, 2.05) is 0 Å². The smallest absolute Gasteiger partial charge is 0.172 e. The van der Waals surface area contributed by atoms with E-state index < -0.39 is 16.1 Å². The maximum absolute atomic E-state index is 12.0. The molecular formula is C3H4FO2S-. The SMILES string of the molecule is O=S([O-])C1(F)CC1. The Morgan fingerprint density at radius 2 is 2.14 bits per heavy atom. The second-order valence-corrected chi connectivity index (χ2v) is 2.82. The van der Waals surface area contributed by atoms with Gasteiger partial charge in [-0.1, -0.05) is 0 Å². The maximum atomic E-state index is 12.0. The van der Waals surface area contributed by atoms with Crippen molar-refractivity contribution in [3.05, 3.63) is 0 Å². The molecule has 0 aliphatic heterocycles. The zero-order valence-electron chi connectivity index (χ0n) is 3.52. The quantitative estimate of drug-likeness (QED) is 0.471. The van der Waals surface area contributed by atoms with Gasteiger partial charge >= 0.3 is 0 Å². The average molecular weight is 123 g/mol. The third kappa shape index (κ3) is 0.809. The summed E-state index contributed by atoms with van der Waals surface area (Å²) in [5.74, 6) is 0. The number of rotatable bonds is 1. The highest BCUT2D eigenvalue weighted by Gasteiger charge is 2.44. The number of halogens is 1. The molecule has 2 nitrogen and oxygen atoms in total. The first-order valence-corrected chi connectivity index (χ1v) is 3.01. The zero-order valence-corrected chi connectivity index (χ0v) is 4.33. The van der Waals surface area contributed by atoms with Gasteiger partial charge in [-0.25, -0.2) is 4.39 Å². The normalized spacial score (nSPS) is 29.4. The second kappa shape index (κ2) is 1.26. The first kappa shape index (κ1) is 5.18. The van der Waals surface area contributed by atoms with Crippen LogP contribution in [0.15, 0.2) is 0 Å². The van der Waals surface area contributed by atoms with Crippen LogP contribution in [0.2, 0.25) is 0 Å². The minimum Gasteiger partial charge on any atom is -0.770 e. The average Bonchev–Trinajstić information content (AvgIpc) is 2.21. The predicted octanol–water partition coefficient (Wildman–Crippen LogP) is 0.325. The summed E-state index contributed by atoms with van der Waals surface area (Å²) in [6.07, 6.45) is 0.367. The van der Waals surface area contributed by atoms with Crippen LogP contribution < -0.4 is 0 Å². The summed E-state index contributed by atoms with van der Waals surface area (Å²) < 4.78 is 31.4. The van der Waals surface area contributed by atoms with E-state index in [-0.39, 0.29) is 12.8 Å². The van der Waals surface area contributed by atoms with Gasteiger partial charge in [0.15, 0.2) is 5.00 Å². The molecular weight excluding hydrogens is 119 g/mol. The third-order valence-electron chi connectivity index (χ3n) is 0.942. The van der Waals surface area contributed by atoms with E-state index >= 15 is 0 Å². The van der Waals surface area contributed by atoms with Crippen LogP contribution >= 0.6 is 0 Å². The summed E-state index contributed by atoms with van der Waals surface area (Å²) in [6, 6.07) is 0. The summed E-state index contributed by atoms with van der Waals surface area (Å²) in [6.45, 7) is 0. The molecule has 0 N–H and O–H groups in total. The highest BCUT2D eigenvalue weighted by Crippen LogP contribution is 2.41. The van der Waals surface area contributed by atoms with Crippen LogP contribution in [0.3, 0.4) is 0 Å². The highest BCUT2D eigenvalue weighted by molar-refractivity contribution is 7.80. The van der Waals surface area contributed by atoms with Crippen molar-refractivity contribution in [2.75, 3.05) is 0 Å². The van der Waals surface area contributed by atoms with E-state index in [4.69, 9.17) is 0 Å². The van der Waals surface area contributed by atoms with Crippen molar-refractivity contribution in [1.82, 2.24) is 0 Å². The van der Waals surface area contributed by atoms with Gasteiger partial charge in [-0.2, -0.15) is 0 Å². The van der Waals surface area contributed by atoms with E-state index in [9.17, 15) is 13.2 Å². The lowest BCUT2D eigenvalue weighted by Gasteiger charge is -2.05. The molecule has 1 fully saturated rings. The number of hydrogen-bond donors (Lipinski definition) is 0. The fraction of sp³-hybridized carbons (Fsp3) is 1.00. The van der Waals surface area contributed by atoms with E-state index in [0.717, 1.165) is 0 Å². The Morgan fingerprint density at radius 1 is 1.71 bits per heavy atom. The lowest BCUT2D eigenvalue weighted by Crippen LogP contribution is -2.06. The molecule has 1 aliphatic carbocycles. The molecule has 0 saturated heterocycles. The van der Waals surface area contributed by atoms with Gasteiger partial charge in [-0.15, -0.1) is 0 Å². The van der Waals surface area contributed by atoms with Gasteiger partial charge in [0.2, 0.25) is 0 Å². The molecule has 0 aromatic rings. The third-order valence-corrected chi connectivity index (χ3v) is 1.95. The summed E-state index contributed by atoms with van der Waals surface area (Å²) in [7, 11) is 0. The standard InChI is InChI=1S/C3H5FO2S/c4-3(1-2-3)7(5)6/h1-2H2,(H,5,6)/p-1. The van der Waals surface area contributed by atoms with Crippen molar-refractivity contribution in [2.45, 2.75) is 17.8 Å². The van der Waals surface area contributed by atoms with Crippen LogP contribution in [0.1, 0.15) is 12.8 Å². The van der Waals surface area contributed by atoms with E-state index in [2.05, 4.69) is 0 Å². The second-order valence-electron chi connectivity index (χ2n) is 1.62. The van der Waals surface area contributed by atoms with E-state index in [1.54, 1.807) is 0 Å². The van der Waals surface area contributed by atoms with Crippen molar-refractivity contribution in [3.63, 3.8) is 0 Å². The molecule has 7 heavy (non-hydrogen) atoms. The largest absolute Gasteiger partial charge is 0.770 e. The molecule has 0 aromatic carbocycles. The van der Waals surface area contributed by atoms with Gasteiger partial charge in [0.05, 0.1) is 0 Å². The lowest BCUT2D eigenvalue weighted by molar-refractivity contribution is 0.386. The Bertz CT molecular complexity index is 110. The Balaban J connectivity index is 2.55. The molecule has 1 atom stereocenters. The molecule has 0 aromatic heterocycles. The molecule has 0 spiro atoms. The highest BCUT2D eigenvalue weighted by atomic mass is 32.2. The monoisotopic (exact) mass is 123 g/mol. The molecule has 0 heterocycles. The molecule has 0 amide bonds. The molecule has 1 aliphatic rings. The van der Waals surface area contributed by atoms with Crippen molar-refractivity contribution >= 4 is 11.1 Å². The van der Waals surface area contributed by atoms with Gasteiger partial charge in [-0.3, -0.25) is 4.21 Å². The van der Waals surface area contributed by atoms with Crippen LogP contribution in [0.4, 0.5) is 4.39 Å². The lowest BCUT2D eigenvalue weighted by atomic mass is 10.9. The fourth-order valence-electron chi connectivity index (χ4n) is 0.265. The van der Waals surface area contributed by atoms with Crippen molar-refractivity contribution in [2.24, 2.45) is 0 Å². The molecule has 42 valence electrons. The Morgan fingerprint density at radius 3 is 2.14 bits per heavy atom. The van der Waals surface area contributed by atoms with Crippen LogP contribution in [-0.2, 0) is 11.1 Å². The van der Waals surface area contributed by atoms with Gasteiger partial charge in [0, 0.05) is 0 Å². The first-order chi connectivity index (χ1) is 3.15. The van der Waals surface area contributed by atoms with Crippen LogP contribution in [0.5, 0.6) is 0 Å². The summed E-state index contributed by atoms with van der Waals surface area (Å²) in [5.41, 5.74) is 0. The Labute approximate surface area is 43.0 Å². The van der Waals surface area contributed by atoms with Crippen LogP contribution in [0.25, 0.3) is 0 Å². The maximum Gasteiger partial charge on any atom is 0.172 e. The van der Waals surface area contributed by atoms with Gasteiger partial charge < -0.3 is 4.55 Å². The number of alkyl halides is 1. The predicted molar refractivity (Wildman–Crippen MR) is 22.0 cm³/mol. The minimum absolute atomic E-state index is 0.184. The molecule has 1 unspecified atom stereocenters. The van der Waals surface area contributed by atoms with E-state index in [1.165, 1.54) is 0 Å². The van der Waals surface area contributed by atoms with Crippen molar-refractivity contribution < 1.29 is 13.2 Å². The van der Waals surface area contributed by atoms with Crippen molar-refractivity contribution in [1.29, 1.82) is 0 Å².